The quantitative estimate of drug-likeness (QED) is 0.409. The maximum Gasteiger partial charge on any atom is 0.327 e. The Hall–Kier alpha value is -1.43. The Bertz CT molecular complexity index is 250. The fourth-order valence-corrected chi connectivity index (χ4v) is 0.979. The molecule has 0 saturated heterocycles. The molecule has 1 heterocycles. The van der Waals surface area contributed by atoms with Crippen LogP contribution in [0.25, 0.3) is 0 Å². The van der Waals surface area contributed by atoms with Gasteiger partial charge in [-0.2, -0.15) is 0 Å². The number of nitrogens with zero attached hydrogens (tertiary/aromatic N) is 2. The molecule has 6 heteroatoms. The zero-order chi connectivity index (χ0) is 9.46. The van der Waals surface area contributed by atoms with Crippen molar-refractivity contribution in [1.29, 1.82) is 0 Å². The standard InChI is InChI=1S/C6H12N4O2/c1-9-4(8)3(7)5(11)10(2)6(9)12/h5,11H,7-8H2,1-2H3. The van der Waals surface area contributed by atoms with Gasteiger partial charge in [0.05, 0.1) is 5.70 Å². The number of urea groups is 1. The van der Waals surface area contributed by atoms with Crippen LogP contribution in [0.4, 0.5) is 4.79 Å². The Balaban J connectivity index is 3.08. The molecule has 0 spiro atoms. The summed E-state index contributed by atoms with van der Waals surface area (Å²) < 4.78 is 0. The van der Waals surface area contributed by atoms with Crippen LogP contribution in [0.2, 0.25) is 0 Å². The molecule has 0 radical (unpaired) electrons. The third-order valence-electron chi connectivity index (χ3n) is 1.89. The highest BCUT2D eigenvalue weighted by molar-refractivity contribution is 5.77. The van der Waals surface area contributed by atoms with Gasteiger partial charge in [-0.05, 0) is 0 Å². The Morgan fingerprint density at radius 2 is 1.92 bits per heavy atom. The number of nitrogens with two attached hydrogens (primary N) is 2. The highest BCUT2D eigenvalue weighted by Gasteiger charge is 2.31. The van der Waals surface area contributed by atoms with E-state index in [1.807, 2.05) is 0 Å². The second-order valence-corrected chi connectivity index (χ2v) is 2.67. The Kier molecular flexibility index (Phi) is 1.85. The molecule has 1 unspecified atom stereocenters. The zero-order valence-corrected chi connectivity index (χ0v) is 6.98. The van der Waals surface area contributed by atoms with Crippen molar-refractivity contribution in [3.05, 3.63) is 11.5 Å². The van der Waals surface area contributed by atoms with Crippen LogP contribution in [0.3, 0.4) is 0 Å². The van der Waals surface area contributed by atoms with E-state index in [1.165, 1.54) is 19.0 Å². The second kappa shape index (κ2) is 2.56. The Morgan fingerprint density at radius 1 is 1.42 bits per heavy atom. The molecule has 12 heavy (non-hydrogen) atoms. The lowest BCUT2D eigenvalue weighted by Gasteiger charge is -2.35. The monoisotopic (exact) mass is 172 g/mol. The zero-order valence-electron chi connectivity index (χ0n) is 6.98. The van der Waals surface area contributed by atoms with Crippen molar-refractivity contribution in [3.63, 3.8) is 0 Å². The molecule has 0 fully saturated rings. The summed E-state index contributed by atoms with van der Waals surface area (Å²) in [5.74, 6) is 0.102. The predicted octanol–water partition coefficient (Wildman–Crippen LogP) is -1.61. The number of rotatable bonds is 0. The first kappa shape index (κ1) is 8.66. The van der Waals surface area contributed by atoms with E-state index in [2.05, 4.69) is 0 Å². The first-order valence-electron chi connectivity index (χ1n) is 3.40. The van der Waals surface area contributed by atoms with E-state index < -0.39 is 6.23 Å². The summed E-state index contributed by atoms with van der Waals surface area (Å²) in [6.07, 6.45) is -1.12. The van der Waals surface area contributed by atoms with Crippen LogP contribution in [0.1, 0.15) is 0 Å². The summed E-state index contributed by atoms with van der Waals surface area (Å²) in [7, 11) is 2.94. The van der Waals surface area contributed by atoms with Gasteiger partial charge in [0.1, 0.15) is 5.82 Å². The van der Waals surface area contributed by atoms with Crippen LogP contribution in [-0.2, 0) is 0 Å². The molecule has 1 aliphatic heterocycles. The number of likely N-dealkylation sites (N-methyl/N-ethyl adjacent to an activating group) is 1. The molecule has 0 aromatic rings. The van der Waals surface area contributed by atoms with Crippen molar-refractivity contribution in [2.75, 3.05) is 14.1 Å². The van der Waals surface area contributed by atoms with Crippen LogP contribution >= 0.6 is 0 Å². The number of amides is 2. The SMILES string of the molecule is CN1C(=O)N(C)C(O)C(N)=C1N. The third kappa shape index (κ3) is 0.964. The fraction of sp³-hybridized carbons (Fsp3) is 0.500. The molecule has 0 aliphatic carbocycles. The molecule has 0 aromatic carbocycles. The lowest BCUT2D eigenvalue weighted by molar-refractivity contribution is 0.0501. The summed E-state index contributed by atoms with van der Waals surface area (Å²) >= 11 is 0. The normalized spacial score (nSPS) is 25.2. The smallest absolute Gasteiger partial charge is 0.327 e. The lowest BCUT2D eigenvalue weighted by Crippen LogP contribution is -2.53. The van der Waals surface area contributed by atoms with Gasteiger partial charge in [0.25, 0.3) is 0 Å². The highest BCUT2D eigenvalue weighted by Crippen LogP contribution is 2.14. The minimum atomic E-state index is -1.12. The van der Waals surface area contributed by atoms with Crippen molar-refractivity contribution in [1.82, 2.24) is 9.80 Å². The summed E-state index contributed by atoms with van der Waals surface area (Å²) in [6, 6.07) is -0.380. The molecule has 6 nitrogen and oxygen atoms in total. The van der Waals surface area contributed by atoms with Crippen molar-refractivity contribution < 1.29 is 9.90 Å². The molecule has 0 bridgehead atoms. The van der Waals surface area contributed by atoms with Crippen molar-refractivity contribution in [2.45, 2.75) is 6.23 Å². The van der Waals surface area contributed by atoms with Crippen molar-refractivity contribution in [3.8, 4) is 0 Å². The number of aliphatic hydroxyl groups is 1. The average molecular weight is 172 g/mol. The molecule has 1 rings (SSSR count). The number of hydrogen-bond donors (Lipinski definition) is 3. The summed E-state index contributed by atoms with van der Waals surface area (Å²) in [5, 5.41) is 9.32. The van der Waals surface area contributed by atoms with Crippen LogP contribution in [0.5, 0.6) is 0 Å². The minimum Gasteiger partial charge on any atom is -0.395 e. The van der Waals surface area contributed by atoms with E-state index in [0.717, 1.165) is 4.90 Å². The second-order valence-electron chi connectivity index (χ2n) is 2.67. The molecule has 2 amide bonds. The summed E-state index contributed by atoms with van der Waals surface area (Å²) in [5.41, 5.74) is 11.0. The number of aliphatic hydroxyl groups excluding tert-OH is 1. The van der Waals surface area contributed by atoms with Gasteiger partial charge in [0, 0.05) is 14.1 Å². The van der Waals surface area contributed by atoms with Crippen LogP contribution in [-0.4, -0.2) is 41.3 Å². The van der Waals surface area contributed by atoms with E-state index in [4.69, 9.17) is 11.5 Å². The summed E-state index contributed by atoms with van der Waals surface area (Å²) in [6.45, 7) is 0. The Labute approximate surface area is 70.0 Å². The number of hydrogen-bond acceptors (Lipinski definition) is 4. The average Bonchev–Trinajstić information content (AvgIpc) is 2.08. The maximum absolute atomic E-state index is 11.2. The molecular weight excluding hydrogens is 160 g/mol. The molecule has 68 valence electrons. The van der Waals surface area contributed by atoms with E-state index in [1.54, 1.807) is 0 Å². The Morgan fingerprint density at radius 3 is 2.42 bits per heavy atom. The third-order valence-corrected chi connectivity index (χ3v) is 1.89. The van der Waals surface area contributed by atoms with Crippen LogP contribution in [0, 0.1) is 0 Å². The van der Waals surface area contributed by atoms with Gasteiger partial charge in [-0.1, -0.05) is 0 Å². The number of carbonyl (C=O) groups excluding carboxylic acids is 1. The molecule has 0 aromatic heterocycles. The van der Waals surface area contributed by atoms with Gasteiger partial charge in [0.2, 0.25) is 0 Å². The molecular formula is C6H12N4O2. The van der Waals surface area contributed by atoms with Gasteiger partial charge in [-0.25, -0.2) is 4.79 Å². The van der Waals surface area contributed by atoms with E-state index in [-0.39, 0.29) is 17.5 Å². The molecule has 0 saturated carbocycles. The van der Waals surface area contributed by atoms with Gasteiger partial charge in [-0.15, -0.1) is 0 Å². The minimum absolute atomic E-state index is 0.0969. The van der Waals surface area contributed by atoms with E-state index >= 15 is 0 Å². The maximum atomic E-state index is 11.2. The van der Waals surface area contributed by atoms with Crippen molar-refractivity contribution in [2.24, 2.45) is 11.5 Å². The largest absolute Gasteiger partial charge is 0.395 e. The first-order chi connectivity index (χ1) is 5.46. The van der Waals surface area contributed by atoms with Gasteiger partial charge in [0.15, 0.2) is 6.23 Å². The lowest BCUT2D eigenvalue weighted by atomic mass is 10.3. The van der Waals surface area contributed by atoms with Crippen molar-refractivity contribution >= 4 is 6.03 Å². The topological polar surface area (TPSA) is 95.8 Å². The highest BCUT2D eigenvalue weighted by atomic mass is 16.3. The van der Waals surface area contributed by atoms with Crippen LogP contribution in [0.15, 0.2) is 11.5 Å². The predicted molar refractivity (Wildman–Crippen MR) is 42.3 cm³/mol. The molecule has 1 aliphatic rings. The van der Waals surface area contributed by atoms with Crippen LogP contribution < -0.4 is 11.5 Å². The number of carbonyl (C=O) groups is 1. The summed E-state index contributed by atoms with van der Waals surface area (Å²) in [4.78, 5) is 13.5. The van der Waals surface area contributed by atoms with Gasteiger partial charge < -0.3 is 16.6 Å². The molecule has 1 atom stereocenters. The fourth-order valence-electron chi connectivity index (χ4n) is 0.979. The van der Waals surface area contributed by atoms with E-state index in [0.29, 0.717) is 0 Å². The molecule has 5 N–H and O–H groups in total. The van der Waals surface area contributed by atoms with Gasteiger partial charge in [-0.3, -0.25) is 9.80 Å². The first-order valence-corrected chi connectivity index (χ1v) is 3.40. The van der Waals surface area contributed by atoms with Gasteiger partial charge >= 0.3 is 6.03 Å². The van der Waals surface area contributed by atoms with E-state index in [9.17, 15) is 9.90 Å².